The largest absolute Gasteiger partial charge is 0.406 e. The molecule has 0 saturated carbocycles. The number of carbonyl (C=O) groups is 2. The lowest BCUT2D eigenvalue weighted by Crippen LogP contribution is -2.32. The molecule has 20 heavy (non-hydrogen) atoms. The number of imide groups is 1. The van der Waals surface area contributed by atoms with Crippen LogP contribution in [0, 0.1) is 0 Å². The molecular formula is C11H13F3N4O2. The van der Waals surface area contributed by atoms with Crippen LogP contribution in [0.3, 0.4) is 0 Å². The maximum absolute atomic E-state index is 12.4. The molecule has 0 bridgehead atoms. The summed E-state index contributed by atoms with van der Waals surface area (Å²) in [4.78, 5) is 28.1. The SMILES string of the molecule is CCC1NC(=O)N(Cc2nccn2CC(F)(F)F)C1=O. The lowest BCUT2D eigenvalue weighted by molar-refractivity contribution is -0.141. The molecule has 1 aromatic rings. The number of nitrogens with one attached hydrogen (secondary N) is 1. The number of alkyl halides is 3. The van der Waals surface area contributed by atoms with E-state index in [1.165, 1.54) is 12.4 Å². The van der Waals surface area contributed by atoms with Crippen LogP contribution in [0.2, 0.25) is 0 Å². The Labute approximate surface area is 112 Å². The van der Waals surface area contributed by atoms with E-state index in [9.17, 15) is 22.8 Å². The van der Waals surface area contributed by atoms with Gasteiger partial charge in [0.1, 0.15) is 18.4 Å². The van der Waals surface area contributed by atoms with Crippen molar-refractivity contribution in [1.29, 1.82) is 0 Å². The Morgan fingerprint density at radius 1 is 1.40 bits per heavy atom. The maximum Gasteiger partial charge on any atom is 0.406 e. The molecule has 0 spiro atoms. The molecule has 1 aromatic heterocycles. The number of imidazole rings is 1. The zero-order valence-corrected chi connectivity index (χ0v) is 10.6. The van der Waals surface area contributed by atoms with Crippen molar-refractivity contribution in [2.24, 2.45) is 0 Å². The van der Waals surface area contributed by atoms with Crippen LogP contribution < -0.4 is 5.32 Å². The van der Waals surface area contributed by atoms with Gasteiger partial charge in [-0.05, 0) is 6.42 Å². The summed E-state index contributed by atoms with van der Waals surface area (Å²) in [5, 5.41) is 2.46. The van der Waals surface area contributed by atoms with Gasteiger partial charge in [-0.1, -0.05) is 6.92 Å². The normalized spacial score (nSPS) is 19.6. The topological polar surface area (TPSA) is 67.2 Å². The summed E-state index contributed by atoms with van der Waals surface area (Å²) >= 11 is 0. The lowest BCUT2D eigenvalue weighted by atomic mass is 10.2. The number of urea groups is 1. The Morgan fingerprint density at radius 2 is 2.10 bits per heavy atom. The first kappa shape index (κ1) is 14.4. The predicted octanol–water partition coefficient (Wildman–Crippen LogP) is 1.28. The fraction of sp³-hybridized carbons (Fsp3) is 0.545. The van der Waals surface area contributed by atoms with Crippen molar-refractivity contribution >= 4 is 11.9 Å². The van der Waals surface area contributed by atoms with Crippen LogP contribution in [0.15, 0.2) is 12.4 Å². The molecule has 1 aliphatic heterocycles. The van der Waals surface area contributed by atoms with Crippen LogP contribution in [-0.4, -0.2) is 38.6 Å². The summed E-state index contributed by atoms with van der Waals surface area (Å²) in [5.41, 5.74) is 0. The maximum atomic E-state index is 12.4. The van der Waals surface area contributed by atoms with Gasteiger partial charge in [-0.15, -0.1) is 0 Å². The van der Waals surface area contributed by atoms with Gasteiger partial charge in [0, 0.05) is 12.4 Å². The molecule has 0 radical (unpaired) electrons. The number of carbonyl (C=O) groups excluding carboxylic acids is 2. The Bertz CT molecular complexity index is 526. The lowest BCUT2D eigenvalue weighted by Gasteiger charge is -2.15. The van der Waals surface area contributed by atoms with Gasteiger partial charge in [0.05, 0.1) is 6.54 Å². The number of hydrogen-bond donors (Lipinski definition) is 1. The molecule has 110 valence electrons. The number of nitrogens with zero attached hydrogens (tertiary/aromatic N) is 3. The fourth-order valence-electron chi connectivity index (χ4n) is 1.97. The Morgan fingerprint density at radius 3 is 2.65 bits per heavy atom. The standard InChI is InChI=1S/C11H13F3N4O2/c1-2-7-9(19)18(10(20)16-7)5-8-15-3-4-17(8)6-11(12,13)14/h3-4,7H,2,5-6H2,1H3,(H,16,20). The summed E-state index contributed by atoms with van der Waals surface area (Å²) in [7, 11) is 0. The highest BCUT2D eigenvalue weighted by Crippen LogP contribution is 2.19. The van der Waals surface area contributed by atoms with Crippen LogP contribution in [0.5, 0.6) is 0 Å². The summed E-state index contributed by atoms with van der Waals surface area (Å²) in [6, 6.07) is -1.23. The molecule has 0 aromatic carbocycles. The molecule has 1 fully saturated rings. The molecule has 1 saturated heterocycles. The third-order valence-electron chi connectivity index (χ3n) is 2.97. The number of halogens is 3. The number of rotatable bonds is 4. The highest BCUT2D eigenvalue weighted by Gasteiger charge is 2.38. The van der Waals surface area contributed by atoms with Crippen LogP contribution in [0.25, 0.3) is 0 Å². The molecule has 2 rings (SSSR count). The molecular weight excluding hydrogens is 277 g/mol. The van der Waals surface area contributed by atoms with Crippen molar-refractivity contribution in [1.82, 2.24) is 19.8 Å². The Balaban J connectivity index is 2.13. The molecule has 2 heterocycles. The van der Waals surface area contributed by atoms with Crippen LogP contribution >= 0.6 is 0 Å². The summed E-state index contributed by atoms with van der Waals surface area (Å²) in [5.74, 6) is -0.429. The van der Waals surface area contributed by atoms with Crippen molar-refractivity contribution < 1.29 is 22.8 Å². The number of amides is 3. The first-order valence-electron chi connectivity index (χ1n) is 6.00. The van der Waals surface area contributed by atoms with Crippen molar-refractivity contribution in [2.75, 3.05) is 0 Å². The third-order valence-corrected chi connectivity index (χ3v) is 2.97. The van der Waals surface area contributed by atoms with E-state index in [1.54, 1.807) is 6.92 Å². The van der Waals surface area contributed by atoms with Crippen molar-refractivity contribution in [2.45, 2.75) is 38.7 Å². The summed E-state index contributed by atoms with van der Waals surface area (Å²) in [6.07, 6.45) is -1.59. The Hall–Kier alpha value is -2.06. The van der Waals surface area contributed by atoms with Gasteiger partial charge in [0.2, 0.25) is 0 Å². The predicted molar refractivity (Wildman–Crippen MR) is 61.4 cm³/mol. The second kappa shape index (κ2) is 5.14. The highest BCUT2D eigenvalue weighted by molar-refractivity contribution is 6.04. The molecule has 1 N–H and O–H groups in total. The summed E-state index contributed by atoms with van der Waals surface area (Å²) in [6.45, 7) is 0.254. The van der Waals surface area contributed by atoms with Gasteiger partial charge < -0.3 is 9.88 Å². The van der Waals surface area contributed by atoms with Gasteiger partial charge in [-0.25, -0.2) is 9.78 Å². The number of aromatic nitrogens is 2. The van der Waals surface area contributed by atoms with E-state index in [4.69, 9.17) is 0 Å². The van der Waals surface area contributed by atoms with Gasteiger partial charge in [0.15, 0.2) is 0 Å². The summed E-state index contributed by atoms with van der Waals surface area (Å²) < 4.78 is 38.0. The van der Waals surface area contributed by atoms with Gasteiger partial charge in [0.25, 0.3) is 5.91 Å². The minimum Gasteiger partial charge on any atom is -0.326 e. The van der Waals surface area contributed by atoms with E-state index >= 15 is 0 Å². The molecule has 9 heteroatoms. The highest BCUT2D eigenvalue weighted by atomic mass is 19.4. The molecule has 6 nitrogen and oxygen atoms in total. The molecule has 0 aliphatic carbocycles. The van der Waals surface area contributed by atoms with Gasteiger partial charge in [-0.3, -0.25) is 9.69 Å². The van der Waals surface area contributed by atoms with E-state index in [1.807, 2.05) is 0 Å². The van der Waals surface area contributed by atoms with Crippen LogP contribution in [-0.2, 0) is 17.9 Å². The fourth-order valence-corrected chi connectivity index (χ4v) is 1.97. The minimum absolute atomic E-state index is 0.0163. The van der Waals surface area contributed by atoms with E-state index in [2.05, 4.69) is 10.3 Å². The van der Waals surface area contributed by atoms with E-state index in [-0.39, 0.29) is 12.4 Å². The quantitative estimate of drug-likeness (QED) is 0.849. The van der Waals surface area contributed by atoms with E-state index < -0.39 is 30.7 Å². The minimum atomic E-state index is -4.39. The monoisotopic (exact) mass is 290 g/mol. The van der Waals surface area contributed by atoms with Crippen molar-refractivity contribution in [3.05, 3.63) is 18.2 Å². The molecule has 1 atom stereocenters. The second-order valence-corrected chi connectivity index (χ2v) is 4.42. The smallest absolute Gasteiger partial charge is 0.326 e. The average Bonchev–Trinajstić information content (AvgIpc) is 2.86. The molecule has 1 aliphatic rings. The Kier molecular flexibility index (Phi) is 3.69. The van der Waals surface area contributed by atoms with Crippen molar-refractivity contribution in [3.63, 3.8) is 0 Å². The zero-order chi connectivity index (χ0) is 14.9. The van der Waals surface area contributed by atoms with Gasteiger partial charge in [-0.2, -0.15) is 13.2 Å². The van der Waals surface area contributed by atoms with Crippen molar-refractivity contribution in [3.8, 4) is 0 Å². The average molecular weight is 290 g/mol. The number of hydrogen-bond acceptors (Lipinski definition) is 3. The van der Waals surface area contributed by atoms with E-state index in [0.717, 1.165) is 9.47 Å². The third kappa shape index (κ3) is 2.91. The zero-order valence-electron chi connectivity index (χ0n) is 10.6. The van der Waals surface area contributed by atoms with Crippen LogP contribution in [0.4, 0.5) is 18.0 Å². The first-order valence-corrected chi connectivity index (χ1v) is 6.00. The van der Waals surface area contributed by atoms with E-state index in [0.29, 0.717) is 6.42 Å². The molecule has 3 amide bonds. The second-order valence-electron chi connectivity index (χ2n) is 4.42. The van der Waals surface area contributed by atoms with Gasteiger partial charge >= 0.3 is 12.2 Å². The molecule has 1 unspecified atom stereocenters. The first-order chi connectivity index (χ1) is 9.31. The van der Waals surface area contributed by atoms with Crippen LogP contribution in [0.1, 0.15) is 19.2 Å².